The van der Waals surface area contributed by atoms with Crippen LogP contribution in [0.5, 0.6) is 23.0 Å². The normalized spacial score (nSPS) is 10.8. The molecular formula is C34H24N2O8S2. The number of aromatic nitrogens is 2. The Morgan fingerprint density at radius 2 is 1.37 bits per heavy atom. The van der Waals surface area contributed by atoms with Crippen LogP contribution < -0.4 is 18.9 Å². The first kappa shape index (κ1) is 30.4. The summed E-state index contributed by atoms with van der Waals surface area (Å²) in [6, 6.07) is 21.7. The molecule has 230 valence electrons. The Balaban J connectivity index is 1.30. The summed E-state index contributed by atoms with van der Waals surface area (Å²) in [6.07, 6.45) is 1.03. The van der Waals surface area contributed by atoms with E-state index >= 15 is 0 Å². The molecular weight excluding hydrogens is 629 g/mol. The first-order valence-corrected chi connectivity index (χ1v) is 15.4. The number of carbonyl (C=O) groups is 3. The molecule has 0 saturated heterocycles. The van der Waals surface area contributed by atoms with Gasteiger partial charge < -0.3 is 23.7 Å². The predicted molar refractivity (Wildman–Crippen MR) is 174 cm³/mol. The summed E-state index contributed by atoms with van der Waals surface area (Å²) in [5, 5.41) is 1.27. The highest BCUT2D eigenvalue weighted by atomic mass is 32.1. The monoisotopic (exact) mass is 652 g/mol. The highest BCUT2D eigenvalue weighted by Gasteiger charge is 2.22. The Bertz CT molecular complexity index is 2100. The predicted octanol–water partition coefficient (Wildman–Crippen LogP) is 7.39. The fourth-order valence-corrected chi connectivity index (χ4v) is 6.42. The highest BCUT2D eigenvalue weighted by molar-refractivity contribution is 7.28. The fourth-order valence-electron chi connectivity index (χ4n) is 4.34. The van der Waals surface area contributed by atoms with Crippen molar-refractivity contribution in [1.82, 2.24) is 9.97 Å². The molecule has 10 nitrogen and oxygen atoms in total. The average molecular weight is 653 g/mol. The average Bonchev–Trinajstić information content (AvgIpc) is 3.73. The Kier molecular flexibility index (Phi) is 8.72. The first-order valence-electron chi connectivity index (χ1n) is 13.7. The summed E-state index contributed by atoms with van der Waals surface area (Å²) >= 11 is 2.78. The maximum Gasteiger partial charge on any atom is 0.343 e. The van der Waals surface area contributed by atoms with Crippen LogP contribution in [0.25, 0.3) is 30.4 Å². The zero-order valence-electron chi connectivity index (χ0n) is 24.5. The Morgan fingerprint density at radius 3 is 2.02 bits per heavy atom. The van der Waals surface area contributed by atoms with E-state index in [4.69, 9.17) is 33.7 Å². The number of ether oxygens (including phenoxy) is 5. The maximum atomic E-state index is 13.2. The van der Waals surface area contributed by atoms with Crippen LogP contribution >= 0.6 is 22.7 Å². The van der Waals surface area contributed by atoms with Gasteiger partial charge in [-0.1, -0.05) is 18.7 Å². The summed E-state index contributed by atoms with van der Waals surface area (Å²) in [6.45, 7) is 5.04. The fraction of sp³-hybridized carbons (Fsp3) is 0.0882. The molecule has 0 unspecified atom stereocenters. The van der Waals surface area contributed by atoms with Gasteiger partial charge >= 0.3 is 17.9 Å². The second-order valence-electron chi connectivity index (χ2n) is 9.66. The second kappa shape index (κ2) is 13.2. The minimum atomic E-state index is -0.625. The molecule has 0 aliphatic heterocycles. The largest absolute Gasteiger partial charge is 0.497 e. The number of esters is 3. The number of aryl methyl sites for hydroxylation is 1. The number of nitrogens with zero attached hydrogens (tertiary/aromatic N) is 2. The lowest BCUT2D eigenvalue weighted by molar-refractivity contribution is -0.144. The topological polar surface area (TPSA) is 123 Å². The molecule has 12 heteroatoms. The number of thiazole rings is 2. The van der Waals surface area contributed by atoms with E-state index in [2.05, 4.69) is 6.58 Å². The van der Waals surface area contributed by atoms with Gasteiger partial charge in [0.25, 0.3) is 0 Å². The lowest BCUT2D eigenvalue weighted by Gasteiger charge is -2.10. The van der Waals surface area contributed by atoms with Gasteiger partial charge in [0.2, 0.25) is 6.79 Å². The van der Waals surface area contributed by atoms with Crippen molar-refractivity contribution in [3.05, 3.63) is 108 Å². The van der Waals surface area contributed by atoms with Gasteiger partial charge in [-0.2, -0.15) is 0 Å². The molecule has 0 aliphatic rings. The van der Waals surface area contributed by atoms with Gasteiger partial charge in [0.1, 0.15) is 21.7 Å². The molecule has 0 aliphatic carbocycles. The van der Waals surface area contributed by atoms with Crippen LogP contribution in [0.3, 0.4) is 0 Å². The molecule has 2 heterocycles. The number of rotatable bonds is 10. The smallest absolute Gasteiger partial charge is 0.343 e. The quantitative estimate of drug-likeness (QED) is 0.0640. The van der Waals surface area contributed by atoms with E-state index in [-0.39, 0.29) is 23.9 Å². The maximum absolute atomic E-state index is 13.2. The van der Waals surface area contributed by atoms with Crippen molar-refractivity contribution >= 4 is 61.0 Å². The molecule has 2 aromatic heterocycles. The molecule has 6 rings (SSSR count). The van der Waals surface area contributed by atoms with Gasteiger partial charge in [-0.05, 0) is 79.2 Å². The minimum absolute atomic E-state index is 0.203. The number of carbonyl (C=O) groups excluding carboxylic acids is 3. The molecule has 0 N–H and O–H groups in total. The van der Waals surface area contributed by atoms with Gasteiger partial charge in [-0.15, -0.1) is 22.7 Å². The molecule has 0 radical (unpaired) electrons. The lowest BCUT2D eigenvalue weighted by atomic mass is 10.2. The van der Waals surface area contributed by atoms with Gasteiger partial charge in [0.15, 0.2) is 21.5 Å². The van der Waals surface area contributed by atoms with Crippen molar-refractivity contribution in [2.75, 3.05) is 13.9 Å². The second-order valence-corrected chi connectivity index (χ2v) is 11.7. The Labute approximate surface area is 270 Å². The number of benzene rings is 4. The van der Waals surface area contributed by atoms with E-state index in [1.165, 1.54) is 34.8 Å². The number of methoxy groups -OCH3 is 1. The number of fused-ring (bicyclic) bond motifs is 2. The van der Waals surface area contributed by atoms with Gasteiger partial charge in [0.05, 0.1) is 28.5 Å². The van der Waals surface area contributed by atoms with Crippen LogP contribution in [0.1, 0.15) is 26.3 Å². The van der Waals surface area contributed by atoms with Crippen LogP contribution in [0.15, 0.2) is 91.5 Å². The van der Waals surface area contributed by atoms with E-state index in [1.54, 1.807) is 55.6 Å². The van der Waals surface area contributed by atoms with Crippen LogP contribution in [0.2, 0.25) is 0 Å². The third-order valence-electron chi connectivity index (χ3n) is 6.68. The first-order chi connectivity index (χ1) is 22.3. The molecule has 0 atom stereocenters. The van der Waals surface area contributed by atoms with Crippen LogP contribution in [0, 0.1) is 6.92 Å². The van der Waals surface area contributed by atoms with Crippen molar-refractivity contribution in [3.8, 4) is 33.0 Å². The summed E-state index contributed by atoms with van der Waals surface area (Å²) in [5.41, 5.74) is 2.88. The summed E-state index contributed by atoms with van der Waals surface area (Å²) in [5.74, 6) is -0.387. The number of hydrogen-bond donors (Lipinski definition) is 0. The molecule has 4 aromatic carbocycles. The molecule has 0 fully saturated rings. The van der Waals surface area contributed by atoms with E-state index < -0.39 is 17.9 Å². The van der Waals surface area contributed by atoms with Crippen molar-refractivity contribution in [1.29, 1.82) is 0 Å². The molecule has 0 bridgehead atoms. The van der Waals surface area contributed by atoms with E-state index in [0.717, 1.165) is 21.9 Å². The SMILES string of the molecule is C=CC(=O)OCOc1ccc(C(=O)Oc2ccc(OC(=O)c3ccc(OC)cc3)c3nc(-c4nc5cccc(C)c5s4)sc23)cc1. The summed E-state index contributed by atoms with van der Waals surface area (Å²) in [7, 11) is 1.54. The molecule has 0 saturated carbocycles. The molecule has 0 amide bonds. The minimum Gasteiger partial charge on any atom is -0.497 e. The van der Waals surface area contributed by atoms with Gasteiger partial charge in [-0.25, -0.2) is 24.4 Å². The Morgan fingerprint density at radius 1 is 0.761 bits per heavy atom. The van der Waals surface area contributed by atoms with E-state index in [1.807, 2.05) is 25.1 Å². The molecule has 6 aromatic rings. The zero-order chi connectivity index (χ0) is 32.2. The van der Waals surface area contributed by atoms with Crippen molar-refractivity contribution in [3.63, 3.8) is 0 Å². The van der Waals surface area contributed by atoms with Crippen LogP contribution in [-0.4, -0.2) is 41.8 Å². The van der Waals surface area contributed by atoms with Crippen molar-refractivity contribution < 1.29 is 38.1 Å². The standard InChI is InChI=1S/C34H24N2O8S2/c1-4-27(37)42-18-41-23-14-10-21(11-15-23)34(39)44-26-17-16-25(43-33(38)20-8-12-22(40-3)13-9-20)28-30(26)46-32(36-28)31-35-24-7-5-6-19(2)29(24)45-31/h4-17H,1,18H2,2-3H3. The molecule has 46 heavy (non-hydrogen) atoms. The van der Waals surface area contributed by atoms with E-state index in [0.29, 0.717) is 37.3 Å². The molecule has 0 spiro atoms. The summed E-state index contributed by atoms with van der Waals surface area (Å²) < 4.78 is 28.5. The van der Waals surface area contributed by atoms with Crippen LogP contribution in [-0.2, 0) is 9.53 Å². The van der Waals surface area contributed by atoms with Crippen molar-refractivity contribution in [2.24, 2.45) is 0 Å². The van der Waals surface area contributed by atoms with E-state index in [9.17, 15) is 14.4 Å². The van der Waals surface area contributed by atoms with Crippen LogP contribution in [0.4, 0.5) is 0 Å². The lowest BCUT2D eigenvalue weighted by Crippen LogP contribution is -2.10. The third kappa shape index (κ3) is 6.43. The Hall–Kier alpha value is -5.59. The van der Waals surface area contributed by atoms with Crippen molar-refractivity contribution in [2.45, 2.75) is 6.92 Å². The van der Waals surface area contributed by atoms with Gasteiger partial charge in [0, 0.05) is 6.08 Å². The summed E-state index contributed by atoms with van der Waals surface area (Å²) in [4.78, 5) is 47.0. The third-order valence-corrected chi connectivity index (χ3v) is 9.10. The zero-order valence-corrected chi connectivity index (χ0v) is 26.1. The highest BCUT2D eigenvalue weighted by Crippen LogP contribution is 2.43. The van der Waals surface area contributed by atoms with Gasteiger partial charge in [-0.3, -0.25) is 0 Å². The number of hydrogen-bond acceptors (Lipinski definition) is 12.